The predicted octanol–water partition coefficient (Wildman–Crippen LogP) is 1.95. The van der Waals surface area contributed by atoms with Crippen molar-refractivity contribution in [3.63, 3.8) is 0 Å². The minimum Gasteiger partial charge on any atom is -0.369 e. The number of hydrogen-bond acceptors (Lipinski definition) is 7. The van der Waals surface area contributed by atoms with Crippen molar-refractivity contribution in [2.24, 2.45) is 0 Å². The number of hydrogen-bond donors (Lipinski definition) is 2. The van der Waals surface area contributed by atoms with E-state index in [2.05, 4.69) is 80.7 Å². The number of nitrogens with zero attached hydrogens (tertiary/aromatic N) is 5. The van der Waals surface area contributed by atoms with Crippen molar-refractivity contribution < 1.29 is 0 Å². The Labute approximate surface area is 156 Å². The average Bonchev–Trinajstić information content (AvgIpc) is 2.63. The van der Waals surface area contributed by atoms with Gasteiger partial charge in [-0.3, -0.25) is 0 Å². The van der Waals surface area contributed by atoms with Gasteiger partial charge in [-0.25, -0.2) is 9.97 Å². The lowest BCUT2D eigenvalue weighted by molar-refractivity contribution is 0.313. The van der Waals surface area contributed by atoms with E-state index in [1.807, 2.05) is 6.07 Å². The van der Waals surface area contributed by atoms with Crippen molar-refractivity contribution in [3.05, 3.63) is 36.7 Å². The van der Waals surface area contributed by atoms with Crippen LogP contribution >= 0.6 is 0 Å². The average molecular weight is 355 g/mol. The summed E-state index contributed by atoms with van der Waals surface area (Å²) < 4.78 is 0. The van der Waals surface area contributed by atoms with Crippen molar-refractivity contribution in [1.29, 1.82) is 0 Å². The quantitative estimate of drug-likeness (QED) is 0.787. The zero-order chi connectivity index (χ0) is 18.4. The van der Waals surface area contributed by atoms with Crippen LogP contribution in [0.25, 0.3) is 0 Å². The molecule has 0 amide bonds. The van der Waals surface area contributed by atoms with E-state index in [1.54, 1.807) is 6.33 Å². The minimum absolute atomic E-state index is 0.791. The Bertz CT molecular complexity index is 679. The summed E-state index contributed by atoms with van der Waals surface area (Å²) in [4.78, 5) is 15.5. The van der Waals surface area contributed by atoms with Crippen LogP contribution in [0.15, 0.2) is 36.7 Å². The largest absolute Gasteiger partial charge is 0.369 e. The second-order valence-electron chi connectivity index (χ2n) is 6.98. The van der Waals surface area contributed by atoms with Gasteiger partial charge in [-0.1, -0.05) is 0 Å². The number of benzene rings is 1. The summed E-state index contributed by atoms with van der Waals surface area (Å²) in [5.41, 5.74) is 2.30. The third-order valence-electron chi connectivity index (χ3n) is 4.54. The Morgan fingerprint density at radius 1 is 1.00 bits per heavy atom. The van der Waals surface area contributed by atoms with Crippen LogP contribution in [0, 0.1) is 0 Å². The molecule has 0 atom stereocenters. The lowest BCUT2D eigenvalue weighted by Crippen LogP contribution is -2.44. The van der Waals surface area contributed by atoms with Crippen LogP contribution in [0.3, 0.4) is 0 Å². The highest BCUT2D eigenvalue weighted by atomic mass is 15.2. The molecule has 0 aliphatic carbocycles. The lowest BCUT2D eigenvalue weighted by Gasteiger charge is -2.34. The summed E-state index contributed by atoms with van der Waals surface area (Å²) in [6, 6.07) is 10.5. The van der Waals surface area contributed by atoms with Gasteiger partial charge >= 0.3 is 0 Å². The third-order valence-corrected chi connectivity index (χ3v) is 4.54. The molecule has 140 valence electrons. The molecule has 0 spiro atoms. The molecule has 1 aromatic heterocycles. The third kappa shape index (κ3) is 5.31. The first-order chi connectivity index (χ1) is 12.6. The van der Waals surface area contributed by atoms with E-state index in [9.17, 15) is 0 Å². The Morgan fingerprint density at radius 2 is 1.69 bits per heavy atom. The van der Waals surface area contributed by atoms with Crippen molar-refractivity contribution in [1.82, 2.24) is 19.8 Å². The molecule has 2 heterocycles. The van der Waals surface area contributed by atoms with Crippen LogP contribution in [0.2, 0.25) is 0 Å². The molecule has 1 saturated heterocycles. The van der Waals surface area contributed by atoms with Gasteiger partial charge in [0.05, 0.1) is 0 Å². The van der Waals surface area contributed by atoms with Gasteiger partial charge in [-0.2, -0.15) is 0 Å². The van der Waals surface area contributed by atoms with Gasteiger partial charge in [-0.05, 0) is 45.4 Å². The number of rotatable bonds is 7. The van der Waals surface area contributed by atoms with E-state index in [4.69, 9.17) is 0 Å². The van der Waals surface area contributed by atoms with Crippen LogP contribution < -0.4 is 15.5 Å². The highest BCUT2D eigenvalue weighted by molar-refractivity contribution is 5.62. The molecule has 3 rings (SSSR count). The monoisotopic (exact) mass is 355 g/mol. The maximum atomic E-state index is 4.31. The second-order valence-corrected chi connectivity index (χ2v) is 6.98. The summed E-state index contributed by atoms with van der Waals surface area (Å²) in [5.74, 6) is 1.62. The van der Waals surface area contributed by atoms with E-state index >= 15 is 0 Å². The maximum Gasteiger partial charge on any atom is 0.135 e. The van der Waals surface area contributed by atoms with Gasteiger partial charge < -0.3 is 25.3 Å². The number of piperazine rings is 1. The summed E-state index contributed by atoms with van der Waals surface area (Å²) in [7, 11) is 6.29. The van der Waals surface area contributed by atoms with E-state index in [0.29, 0.717) is 0 Å². The van der Waals surface area contributed by atoms with E-state index in [-0.39, 0.29) is 0 Å². The molecule has 1 aromatic carbocycles. The standard InChI is InChI=1S/C19H29N7/c1-24(2)9-8-20-18-14-19(22-15-21-18)23-16-4-6-17(7-5-16)26-12-10-25(3)11-13-26/h4-7,14-15H,8-13H2,1-3H3,(H2,20,21,22,23). The van der Waals surface area contributed by atoms with Crippen molar-refractivity contribution >= 4 is 23.0 Å². The number of likely N-dealkylation sites (N-methyl/N-ethyl adjacent to an activating group) is 2. The number of aromatic nitrogens is 2. The molecule has 0 bridgehead atoms. The molecule has 26 heavy (non-hydrogen) atoms. The Morgan fingerprint density at radius 3 is 2.38 bits per heavy atom. The van der Waals surface area contributed by atoms with Gasteiger partial charge in [0, 0.05) is 56.7 Å². The lowest BCUT2D eigenvalue weighted by atomic mass is 10.2. The zero-order valence-corrected chi connectivity index (χ0v) is 15.9. The fourth-order valence-electron chi connectivity index (χ4n) is 2.90. The first-order valence-corrected chi connectivity index (χ1v) is 9.11. The molecule has 1 aliphatic rings. The fraction of sp³-hybridized carbons (Fsp3) is 0.474. The van der Waals surface area contributed by atoms with Gasteiger partial charge in [0.1, 0.15) is 18.0 Å². The zero-order valence-electron chi connectivity index (χ0n) is 15.9. The van der Waals surface area contributed by atoms with Gasteiger partial charge in [-0.15, -0.1) is 0 Å². The molecule has 2 N–H and O–H groups in total. The molecule has 7 heteroatoms. The van der Waals surface area contributed by atoms with Crippen LogP contribution in [0.5, 0.6) is 0 Å². The summed E-state index contributed by atoms with van der Waals surface area (Å²) in [6.45, 7) is 6.20. The minimum atomic E-state index is 0.791. The smallest absolute Gasteiger partial charge is 0.135 e. The molecule has 2 aromatic rings. The van der Waals surface area contributed by atoms with Crippen molar-refractivity contribution in [2.45, 2.75) is 0 Å². The normalized spacial score (nSPS) is 15.3. The summed E-state index contributed by atoms with van der Waals surface area (Å²) in [5, 5.41) is 6.67. The van der Waals surface area contributed by atoms with Crippen LogP contribution in [-0.4, -0.2) is 80.2 Å². The van der Waals surface area contributed by atoms with Crippen LogP contribution in [0.4, 0.5) is 23.0 Å². The second kappa shape index (κ2) is 8.82. The Balaban J connectivity index is 1.57. The fourth-order valence-corrected chi connectivity index (χ4v) is 2.90. The topological polar surface area (TPSA) is 59.6 Å². The highest BCUT2D eigenvalue weighted by Crippen LogP contribution is 2.22. The predicted molar refractivity (Wildman–Crippen MR) is 109 cm³/mol. The first kappa shape index (κ1) is 18.4. The molecule has 1 fully saturated rings. The SMILES string of the molecule is CN(C)CCNc1cc(Nc2ccc(N3CCN(C)CC3)cc2)ncn1. The summed E-state index contributed by atoms with van der Waals surface area (Å²) in [6.07, 6.45) is 1.58. The van der Waals surface area contributed by atoms with E-state index < -0.39 is 0 Å². The molecule has 0 unspecified atom stereocenters. The van der Waals surface area contributed by atoms with Crippen molar-refractivity contribution in [2.75, 3.05) is 75.9 Å². The first-order valence-electron chi connectivity index (χ1n) is 9.11. The maximum absolute atomic E-state index is 4.31. The van der Waals surface area contributed by atoms with Gasteiger partial charge in [0.25, 0.3) is 0 Å². The van der Waals surface area contributed by atoms with Gasteiger partial charge in [0.2, 0.25) is 0 Å². The van der Waals surface area contributed by atoms with Crippen molar-refractivity contribution in [3.8, 4) is 0 Å². The molecule has 0 saturated carbocycles. The van der Waals surface area contributed by atoms with E-state index in [0.717, 1.165) is 56.6 Å². The molecular weight excluding hydrogens is 326 g/mol. The molecule has 7 nitrogen and oxygen atoms in total. The Kier molecular flexibility index (Phi) is 6.25. The van der Waals surface area contributed by atoms with Crippen LogP contribution in [0.1, 0.15) is 0 Å². The molecule has 0 radical (unpaired) electrons. The van der Waals surface area contributed by atoms with Gasteiger partial charge in [0.15, 0.2) is 0 Å². The highest BCUT2D eigenvalue weighted by Gasteiger charge is 2.13. The van der Waals surface area contributed by atoms with Crippen LogP contribution in [-0.2, 0) is 0 Å². The van der Waals surface area contributed by atoms with E-state index in [1.165, 1.54) is 5.69 Å². The Hall–Kier alpha value is -2.38. The number of anilines is 4. The number of nitrogens with one attached hydrogen (secondary N) is 2. The molecular formula is C19H29N7. The molecule has 1 aliphatic heterocycles. The summed E-state index contributed by atoms with van der Waals surface area (Å²) >= 11 is 0.